The molecule has 0 spiro atoms. The zero-order valence-corrected chi connectivity index (χ0v) is 17.4. The van der Waals surface area contributed by atoms with E-state index < -0.39 is 11.7 Å². The molecule has 0 bridgehead atoms. The van der Waals surface area contributed by atoms with Gasteiger partial charge >= 0.3 is 6.18 Å². The molecule has 1 aliphatic heterocycles. The number of nitrogens with one attached hydrogen (secondary N) is 1. The van der Waals surface area contributed by atoms with Crippen LogP contribution in [0.5, 0.6) is 0 Å². The molecule has 1 saturated heterocycles. The second kappa shape index (κ2) is 8.33. The molecule has 1 aromatic carbocycles. The van der Waals surface area contributed by atoms with Crippen molar-refractivity contribution in [3.63, 3.8) is 0 Å². The third kappa shape index (κ3) is 4.30. The zero-order valence-electron chi connectivity index (χ0n) is 17.4. The second-order valence-corrected chi connectivity index (χ2v) is 8.01. The smallest absolute Gasteiger partial charge is 0.394 e. The summed E-state index contributed by atoms with van der Waals surface area (Å²) in [4.78, 5) is 15.8. The Kier molecular flexibility index (Phi) is 5.74. The van der Waals surface area contributed by atoms with Gasteiger partial charge in [-0.1, -0.05) is 12.1 Å². The van der Waals surface area contributed by atoms with Gasteiger partial charge in [-0.2, -0.15) is 23.1 Å². The van der Waals surface area contributed by atoms with Gasteiger partial charge in [-0.05, 0) is 44.4 Å². The molecule has 2 aromatic heterocycles. The Bertz CT molecular complexity index is 1060. The maximum Gasteiger partial charge on any atom is 0.416 e. The number of fused-ring (bicyclic) bond motifs is 1. The average molecular weight is 434 g/mol. The highest BCUT2D eigenvalue weighted by molar-refractivity contribution is 5.84. The van der Waals surface area contributed by atoms with Crippen molar-refractivity contribution in [3.8, 4) is 0 Å². The van der Waals surface area contributed by atoms with E-state index in [0.717, 1.165) is 31.5 Å². The highest BCUT2D eigenvalue weighted by atomic mass is 19.4. The van der Waals surface area contributed by atoms with Crippen LogP contribution in [-0.2, 0) is 12.7 Å². The molecule has 2 N–H and O–H groups in total. The number of aliphatic hydroxyl groups is 1. The fourth-order valence-electron chi connectivity index (χ4n) is 3.87. The van der Waals surface area contributed by atoms with Crippen LogP contribution in [0, 0.1) is 0 Å². The number of benzene rings is 1. The lowest BCUT2D eigenvalue weighted by molar-refractivity contribution is -0.137. The van der Waals surface area contributed by atoms with Crippen LogP contribution >= 0.6 is 0 Å². The number of aromatic nitrogens is 4. The van der Waals surface area contributed by atoms with E-state index in [-0.39, 0.29) is 25.2 Å². The van der Waals surface area contributed by atoms with E-state index in [1.54, 1.807) is 12.4 Å². The van der Waals surface area contributed by atoms with Crippen molar-refractivity contribution in [2.45, 2.75) is 51.5 Å². The lowest BCUT2D eigenvalue weighted by Crippen LogP contribution is -2.33. The largest absolute Gasteiger partial charge is 0.416 e. The van der Waals surface area contributed by atoms with Crippen molar-refractivity contribution < 1.29 is 18.3 Å². The number of nitrogens with zero attached hydrogens (tertiary/aromatic N) is 5. The molecular weight excluding hydrogens is 409 g/mol. The van der Waals surface area contributed by atoms with E-state index in [1.165, 1.54) is 6.07 Å². The van der Waals surface area contributed by atoms with Crippen LogP contribution in [0.1, 0.15) is 43.9 Å². The van der Waals surface area contributed by atoms with Crippen molar-refractivity contribution >= 4 is 22.9 Å². The summed E-state index contributed by atoms with van der Waals surface area (Å²) in [7, 11) is 0. The summed E-state index contributed by atoms with van der Waals surface area (Å²) in [6.07, 6.45) is -0.912. The van der Waals surface area contributed by atoms with E-state index in [2.05, 4.69) is 15.3 Å². The van der Waals surface area contributed by atoms with Crippen LogP contribution in [0.2, 0.25) is 0 Å². The molecule has 0 unspecified atom stereocenters. The minimum atomic E-state index is -4.39. The summed E-state index contributed by atoms with van der Waals surface area (Å²) in [5.74, 6) is 0.943. The minimum absolute atomic E-state index is 0.0117. The molecule has 1 atom stereocenters. The monoisotopic (exact) mass is 434 g/mol. The van der Waals surface area contributed by atoms with Crippen molar-refractivity contribution in [1.29, 1.82) is 0 Å². The van der Waals surface area contributed by atoms with Gasteiger partial charge in [0.25, 0.3) is 0 Å². The lowest BCUT2D eigenvalue weighted by Gasteiger charge is -2.23. The van der Waals surface area contributed by atoms with Crippen LogP contribution in [-0.4, -0.2) is 43.8 Å². The molecule has 1 aliphatic rings. The standard InChI is InChI=1S/C21H25F3N6O/c1-13(2)30-12-26-17-18(25-10-14-5-3-6-15(9-14)21(22,23)24)27-20(28-19(17)30)29-8-4-7-16(29)11-31/h3,5-6,9,12-13,16,31H,4,7-8,10-11H2,1-2H3,(H,25,27,28)/t16-/m1/s1. The maximum absolute atomic E-state index is 13.0. The van der Waals surface area contributed by atoms with Crippen molar-refractivity contribution in [2.24, 2.45) is 0 Å². The van der Waals surface area contributed by atoms with Gasteiger partial charge in [-0.15, -0.1) is 0 Å². The number of rotatable bonds is 6. The number of aliphatic hydroxyl groups excluding tert-OH is 1. The summed E-state index contributed by atoms with van der Waals surface area (Å²) in [6.45, 7) is 4.95. The Balaban J connectivity index is 1.69. The van der Waals surface area contributed by atoms with Crippen LogP contribution in [0.3, 0.4) is 0 Å². The van der Waals surface area contributed by atoms with Crippen LogP contribution in [0.15, 0.2) is 30.6 Å². The molecule has 10 heteroatoms. The van der Waals surface area contributed by atoms with Gasteiger partial charge in [-0.25, -0.2) is 4.98 Å². The van der Waals surface area contributed by atoms with E-state index in [0.29, 0.717) is 28.5 Å². The highest BCUT2D eigenvalue weighted by Gasteiger charge is 2.30. The Morgan fingerprint density at radius 1 is 1.26 bits per heavy atom. The Morgan fingerprint density at radius 2 is 2.06 bits per heavy atom. The van der Waals surface area contributed by atoms with Crippen LogP contribution in [0.4, 0.5) is 24.9 Å². The molecule has 0 aliphatic carbocycles. The van der Waals surface area contributed by atoms with E-state index in [1.807, 2.05) is 23.3 Å². The summed E-state index contributed by atoms with van der Waals surface area (Å²) in [5.41, 5.74) is 1.01. The topological polar surface area (TPSA) is 79.1 Å². The third-order valence-corrected chi connectivity index (χ3v) is 5.53. The molecule has 7 nitrogen and oxygen atoms in total. The van der Waals surface area contributed by atoms with Gasteiger partial charge in [0, 0.05) is 19.1 Å². The SMILES string of the molecule is CC(C)n1cnc2c(NCc3cccc(C(F)(F)F)c3)nc(N3CCC[C@@H]3CO)nc21. The number of hydrogen-bond donors (Lipinski definition) is 2. The van der Waals surface area contributed by atoms with Crippen molar-refractivity contribution in [1.82, 2.24) is 19.5 Å². The Morgan fingerprint density at radius 3 is 2.77 bits per heavy atom. The quantitative estimate of drug-likeness (QED) is 0.611. The van der Waals surface area contributed by atoms with E-state index in [9.17, 15) is 18.3 Å². The first-order valence-electron chi connectivity index (χ1n) is 10.3. The summed E-state index contributed by atoms with van der Waals surface area (Å²) >= 11 is 0. The third-order valence-electron chi connectivity index (χ3n) is 5.53. The summed E-state index contributed by atoms with van der Waals surface area (Å²) in [6, 6.07) is 5.28. The number of halogens is 3. The molecule has 0 saturated carbocycles. The van der Waals surface area contributed by atoms with Gasteiger partial charge in [-0.3, -0.25) is 0 Å². The first-order valence-corrected chi connectivity index (χ1v) is 10.3. The van der Waals surface area contributed by atoms with Crippen molar-refractivity contribution in [3.05, 3.63) is 41.7 Å². The number of hydrogen-bond acceptors (Lipinski definition) is 6. The normalized spacial score (nSPS) is 17.1. The minimum Gasteiger partial charge on any atom is -0.394 e. The van der Waals surface area contributed by atoms with Crippen LogP contribution in [0.25, 0.3) is 11.2 Å². The Hall–Kier alpha value is -2.88. The molecule has 4 rings (SSSR count). The first-order chi connectivity index (χ1) is 14.8. The second-order valence-electron chi connectivity index (χ2n) is 8.01. The predicted octanol–water partition coefficient (Wildman–Crippen LogP) is 4.00. The van der Waals surface area contributed by atoms with E-state index >= 15 is 0 Å². The molecule has 3 aromatic rings. The highest BCUT2D eigenvalue weighted by Crippen LogP contribution is 2.31. The lowest BCUT2D eigenvalue weighted by atomic mass is 10.1. The fourth-order valence-corrected chi connectivity index (χ4v) is 3.87. The van der Waals surface area contributed by atoms with Gasteiger partial charge < -0.3 is 19.9 Å². The molecular formula is C21H25F3N6O. The zero-order chi connectivity index (χ0) is 22.2. The fraction of sp³-hybridized carbons (Fsp3) is 0.476. The van der Waals surface area contributed by atoms with Gasteiger partial charge in [0.1, 0.15) is 0 Å². The Labute approximate surface area is 177 Å². The average Bonchev–Trinajstić information content (AvgIpc) is 3.38. The molecule has 0 amide bonds. The van der Waals surface area contributed by atoms with Gasteiger partial charge in [0.15, 0.2) is 17.0 Å². The number of anilines is 2. The van der Waals surface area contributed by atoms with Crippen molar-refractivity contribution in [2.75, 3.05) is 23.4 Å². The number of alkyl halides is 3. The maximum atomic E-state index is 13.0. The summed E-state index contributed by atoms with van der Waals surface area (Å²) < 4.78 is 41.0. The number of imidazole rings is 1. The van der Waals surface area contributed by atoms with Gasteiger partial charge in [0.05, 0.1) is 24.5 Å². The predicted molar refractivity (Wildman–Crippen MR) is 112 cm³/mol. The van der Waals surface area contributed by atoms with E-state index in [4.69, 9.17) is 4.98 Å². The molecule has 3 heterocycles. The molecule has 0 radical (unpaired) electrons. The summed E-state index contributed by atoms with van der Waals surface area (Å²) in [5, 5.41) is 12.9. The molecule has 31 heavy (non-hydrogen) atoms. The first kappa shape index (κ1) is 21.4. The molecule has 166 valence electrons. The molecule has 1 fully saturated rings. The van der Waals surface area contributed by atoms with Gasteiger partial charge in [0.2, 0.25) is 5.95 Å². The van der Waals surface area contributed by atoms with Crippen LogP contribution < -0.4 is 10.2 Å².